The van der Waals surface area contributed by atoms with Crippen LogP contribution < -0.4 is 5.56 Å². The Hall–Kier alpha value is -2.47. The van der Waals surface area contributed by atoms with E-state index in [4.69, 9.17) is 4.74 Å². The molecule has 3 aromatic rings. The van der Waals surface area contributed by atoms with Gasteiger partial charge in [0.1, 0.15) is 13.2 Å². The van der Waals surface area contributed by atoms with Crippen LogP contribution >= 0.6 is 15.9 Å². The van der Waals surface area contributed by atoms with Gasteiger partial charge in [-0.2, -0.15) is 0 Å². The number of para-hydroxylation sites is 1. The number of halogens is 1. The number of hydrogen-bond donors (Lipinski definition) is 0. The van der Waals surface area contributed by atoms with Gasteiger partial charge in [0.2, 0.25) is 0 Å². The molecular weight excluding hydrogens is 360 g/mol. The molecule has 0 saturated heterocycles. The number of fused-ring (bicyclic) bond motifs is 1. The Balaban J connectivity index is 1.72. The molecule has 0 saturated carbocycles. The lowest BCUT2D eigenvalue weighted by atomic mass is 10.2. The average molecular weight is 373 g/mol. The van der Waals surface area contributed by atoms with E-state index in [9.17, 15) is 9.59 Å². The molecule has 0 aliphatic rings. The maximum absolute atomic E-state index is 12.3. The third kappa shape index (κ3) is 3.48. The summed E-state index contributed by atoms with van der Waals surface area (Å²) in [6, 6.07) is 14.5. The van der Waals surface area contributed by atoms with Crippen molar-refractivity contribution < 1.29 is 9.53 Å². The van der Waals surface area contributed by atoms with E-state index >= 15 is 0 Å². The summed E-state index contributed by atoms with van der Waals surface area (Å²) < 4.78 is 7.35. The Bertz CT molecular complexity index is 921. The number of benzene rings is 2. The van der Waals surface area contributed by atoms with Crippen LogP contribution in [0.3, 0.4) is 0 Å². The van der Waals surface area contributed by atoms with E-state index < -0.39 is 5.97 Å². The molecule has 2 aromatic carbocycles. The molecule has 23 heavy (non-hydrogen) atoms. The molecule has 0 N–H and O–H groups in total. The number of carbonyl (C=O) groups is 1. The Labute approximate surface area is 140 Å². The standard InChI is InChI=1S/C17H13BrN2O3/c18-14-7-3-1-5-12(14)10-23-16(21)9-20-11-19-15-8-4-2-6-13(15)17(20)22/h1-8,11H,9-10H2. The molecule has 0 spiro atoms. The zero-order chi connectivity index (χ0) is 16.2. The highest BCUT2D eigenvalue weighted by atomic mass is 79.9. The van der Waals surface area contributed by atoms with Crippen molar-refractivity contribution in [1.29, 1.82) is 0 Å². The number of aromatic nitrogens is 2. The number of carbonyl (C=O) groups excluding carboxylic acids is 1. The summed E-state index contributed by atoms with van der Waals surface area (Å²) in [5.41, 5.74) is 1.22. The zero-order valence-corrected chi connectivity index (χ0v) is 13.7. The van der Waals surface area contributed by atoms with Crippen LogP contribution in [-0.2, 0) is 22.7 Å². The molecule has 0 bridgehead atoms. The molecule has 6 heteroatoms. The number of ether oxygens (including phenoxy) is 1. The Morgan fingerprint density at radius 1 is 1.13 bits per heavy atom. The fourth-order valence-corrected chi connectivity index (χ4v) is 2.58. The van der Waals surface area contributed by atoms with Crippen molar-refractivity contribution in [2.75, 3.05) is 0 Å². The largest absolute Gasteiger partial charge is 0.459 e. The molecular formula is C17H13BrN2O3. The van der Waals surface area contributed by atoms with Crippen molar-refractivity contribution in [3.63, 3.8) is 0 Å². The van der Waals surface area contributed by atoms with E-state index in [1.807, 2.05) is 30.3 Å². The van der Waals surface area contributed by atoms with Crippen LogP contribution in [0.15, 0.2) is 64.1 Å². The van der Waals surface area contributed by atoms with E-state index in [-0.39, 0.29) is 18.7 Å². The van der Waals surface area contributed by atoms with Crippen LogP contribution in [0, 0.1) is 0 Å². The third-order valence-corrected chi connectivity index (χ3v) is 4.15. The molecule has 3 rings (SSSR count). The van der Waals surface area contributed by atoms with Crippen LogP contribution in [0.2, 0.25) is 0 Å². The Morgan fingerprint density at radius 2 is 1.87 bits per heavy atom. The summed E-state index contributed by atoms with van der Waals surface area (Å²) >= 11 is 3.40. The molecule has 1 heterocycles. The highest BCUT2D eigenvalue weighted by molar-refractivity contribution is 9.10. The van der Waals surface area contributed by atoms with E-state index in [0.717, 1.165) is 10.0 Å². The molecule has 0 radical (unpaired) electrons. The van der Waals surface area contributed by atoms with E-state index in [1.165, 1.54) is 10.9 Å². The summed E-state index contributed by atoms with van der Waals surface area (Å²) in [5.74, 6) is -0.486. The number of rotatable bonds is 4. The van der Waals surface area contributed by atoms with Gasteiger partial charge in [-0.15, -0.1) is 0 Å². The van der Waals surface area contributed by atoms with Gasteiger partial charge >= 0.3 is 5.97 Å². The van der Waals surface area contributed by atoms with Gasteiger partial charge in [-0.25, -0.2) is 4.98 Å². The maximum atomic E-state index is 12.3. The molecule has 116 valence electrons. The monoisotopic (exact) mass is 372 g/mol. The highest BCUT2D eigenvalue weighted by Crippen LogP contribution is 2.16. The minimum Gasteiger partial charge on any atom is -0.459 e. The van der Waals surface area contributed by atoms with Crippen LogP contribution in [0.5, 0.6) is 0 Å². The summed E-state index contributed by atoms with van der Waals surface area (Å²) in [4.78, 5) is 28.4. The van der Waals surface area contributed by atoms with Gasteiger partial charge in [0.25, 0.3) is 5.56 Å². The third-order valence-electron chi connectivity index (χ3n) is 3.38. The lowest BCUT2D eigenvalue weighted by Crippen LogP contribution is -2.25. The lowest BCUT2D eigenvalue weighted by Gasteiger charge is -2.08. The normalized spacial score (nSPS) is 10.7. The topological polar surface area (TPSA) is 61.2 Å². The Kier molecular flexibility index (Phi) is 4.52. The first-order valence-electron chi connectivity index (χ1n) is 6.98. The fraction of sp³-hybridized carbons (Fsp3) is 0.118. The average Bonchev–Trinajstić information content (AvgIpc) is 2.57. The molecule has 0 aliphatic heterocycles. The first kappa shape index (κ1) is 15.4. The fourth-order valence-electron chi connectivity index (χ4n) is 2.18. The van der Waals surface area contributed by atoms with Crippen molar-refractivity contribution in [3.8, 4) is 0 Å². The predicted molar refractivity (Wildman–Crippen MR) is 89.9 cm³/mol. The second kappa shape index (κ2) is 6.75. The lowest BCUT2D eigenvalue weighted by molar-refractivity contribution is -0.145. The SMILES string of the molecule is O=C(Cn1cnc2ccccc2c1=O)OCc1ccccc1Br. The Morgan fingerprint density at radius 3 is 2.70 bits per heavy atom. The van der Waals surface area contributed by atoms with Crippen molar-refractivity contribution >= 4 is 32.8 Å². The molecule has 1 aromatic heterocycles. The van der Waals surface area contributed by atoms with Gasteiger partial charge in [0, 0.05) is 10.0 Å². The maximum Gasteiger partial charge on any atom is 0.326 e. The number of hydrogen-bond acceptors (Lipinski definition) is 4. The zero-order valence-electron chi connectivity index (χ0n) is 12.1. The second-order valence-corrected chi connectivity index (χ2v) is 5.80. The summed E-state index contributed by atoms with van der Waals surface area (Å²) in [6.45, 7) is -0.0167. The van der Waals surface area contributed by atoms with Crippen LogP contribution in [0.4, 0.5) is 0 Å². The predicted octanol–water partition coefficient (Wildman–Crippen LogP) is 2.90. The van der Waals surface area contributed by atoms with Crippen LogP contribution in [-0.4, -0.2) is 15.5 Å². The van der Waals surface area contributed by atoms with Gasteiger partial charge < -0.3 is 4.74 Å². The molecule has 5 nitrogen and oxygen atoms in total. The number of nitrogens with zero attached hydrogens (tertiary/aromatic N) is 2. The van der Waals surface area contributed by atoms with E-state index in [0.29, 0.717) is 10.9 Å². The minimum atomic E-state index is -0.486. The van der Waals surface area contributed by atoms with Gasteiger partial charge in [-0.3, -0.25) is 14.2 Å². The first-order chi connectivity index (χ1) is 11.1. The van der Waals surface area contributed by atoms with Gasteiger partial charge in [0.05, 0.1) is 17.2 Å². The first-order valence-corrected chi connectivity index (χ1v) is 7.77. The number of esters is 1. The smallest absolute Gasteiger partial charge is 0.326 e. The summed E-state index contributed by atoms with van der Waals surface area (Å²) in [5, 5.41) is 0.480. The summed E-state index contributed by atoms with van der Waals surface area (Å²) in [7, 11) is 0. The van der Waals surface area contributed by atoms with E-state index in [1.54, 1.807) is 18.2 Å². The van der Waals surface area contributed by atoms with Crippen molar-refractivity contribution in [2.45, 2.75) is 13.2 Å². The van der Waals surface area contributed by atoms with Gasteiger partial charge in [-0.05, 0) is 18.2 Å². The van der Waals surface area contributed by atoms with Crippen LogP contribution in [0.25, 0.3) is 10.9 Å². The van der Waals surface area contributed by atoms with Gasteiger partial charge in [0.15, 0.2) is 0 Å². The van der Waals surface area contributed by atoms with Crippen molar-refractivity contribution in [1.82, 2.24) is 9.55 Å². The van der Waals surface area contributed by atoms with Crippen molar-refractivity contribution in [3.05, 3.63) is 75.2 Å². The summed E-state index contributed by atoms with van der Waals surface area (Å²) in [6.07, 6.45) is 1.37. The molecule has 0 fully saturated rings. The van der Waals surface area contributed by atoms with Crippen LogP contribution in [0.1, 0.15) is 5.56 Å². The quantitative estimate of drug-likeness (QED) is 0.660. The molecule has 0 amide bonds. The molecule has 0 aliphatic carbocycles. The second-order valence-electron chi connectivity index (χ2n) is 4.95. The van der Waals surface area contributed by atoms with Crippen molar-refractivity contribution in [2.24, 2.45) is 0 Å². The van der Waals surface area contributed by atoms with E-state index in [2.05, 4.69) is 20.9 Å². The van der Waals surface area contributed by atoms with Gasteiger partial charge in [-0.1, -0.05) is 46.3 Å². The molecule has 0 unspecified atom stereocenters. The highest BCUT2D eigenvalue weighted by Gasteiger charge is 2.10. The minimum absolute atomic E-state index is 0.149. The molecule has 0 atom stereocenters.